The first-order chi connectivity index (χ1) is 16.4. The van der Waals surface area contributed by atoms with Gasteiger partial charge in [0.1, 0.15) is 11.6 Å². The van der Waals surface area contributed by atoms with E-state index >= 15 is 0 Å². The largest absolute Gasteiger partial charge is 2.00 e. The van der Waals surface area contributed by atoms with E-state index in [1.165, 1.54) is 6.07 Å². The fourth-order valence-corrected chi connectivity index (χ4v) is 3.16. The SMILES string of the molecule is [2H]C([2H])([2H])c1cc(-c2[c-]c(Cc3[c-]c(-c4cc(C)nc(C([2H])([2H])[2H])n4)ccc3)ccc2)nc(C)n1.[Pt+2]. The predicted octanol–water partition coefficient (Wildman–Crippen LogP) is 5.02. The number of nitrogens with zero attached hydrogens (tertiary/aromatic N) is 4. The maximum Gasteiger partial charge on any atom is 2.00 e. The van der Waals surface area contributed by atoms with Gasteiger partial charge >= 0.3 is 21.1 Å². The van der Waals surface area contributed by atoms with Gasteiger partial charge in [-0.05, 0) is 45.4 Å². The zero-order valence-electron chi connectivity index (χ0n) is 22.4. The third-order valence-corrected chi connectivity index (χ3v) is 4.34. The van der Waals surface area contributed by atoms with Crippen molar-refractivity contribution in [2.45, 2.75) is 34.0 Å². The first-order valence-corrected chi connectivity index (χ1v) is 9.14. The van der Waals surface area contributed by atoms with E-state index in [1.54, 1.807) is 19.9 Å². The van der Waals surface area contributed by atoms with Crippen LogP contribution in [0.4, 0.5) is 0 Å². The summed E-state index contributed by atoms with van der Waals surface area (Å²) in [5, 5.41) is 0. The van der Waals surface area contributed by atoms with Crippen molar-refractivity contribution >= 4 is 0 Å². The first-order valence-electron chi connectivity index (χ1n) is 12.1. The molecule has 4 aromatic rings. The van der Waals surface area contributed by atoms with Gasteiger partial charge in [0.15, 0.2) is 0 Å². The van der Waals surface area contributed by atoms with Gasteiger partial charge < -0.3 is 0 Å². The molecular weight excluding hydrogens is 551 g/mol. The van der Waals surface area contributed by atoms with Gasteiger partial charge in [-0.15, -0.1) is 70.8 Å². The quantitative estimate of drug-likeness (QED) is 0.319. The van der Waals surface area contributed by atoms with Crippen LogP contribution in [0, 0.1) is 39.7 Å². The molecule has 30 heavy (non-hydrogen) atoms. The molecule has 0 fully saturated rings. The molecule has 0 aliphatic carbocycles. The number of rotatable bonds is 4. The van der Waals surface area contributed by atoms with Gasteiger partial charge in [-0.1, -0.05) is 12.1 Å². The van der Waals surface area contributed by atoms with Gasteiger partial charge in [-0.2, -0.15) is 0 Å². The molecule has 0 saturated carbocycles. The Morgan fingerprint density at radius 3 is 1.90 bits per heavy atom. The molecule has 0 saturated heterocycles. The molecule has 0 bridgehead atoms. The topological polar surface area (TPSA) is 51.6 Å². The summed E-state index contributed by atoms with van der Waals surface area (Å²) in [7, 11) is 0. The first kappa shape index (κ1) is 15.1. The number of benzene rings is 2. The Morgan fingerprint density at radius 1 is 0.733 bits per heavy atom. The summed E-state index contributed by atoms with van der Waals surface area (Å²) in [6.45, 7) is -1.33. The van der Waals surface area contributed by atoms with Crippen LogP contribution in [0.2, 0.25) is 0 Å². The third-order valence-electron chi connectivity index (χ3n) is 4.34. The van der Waals surface area contributed by atoms with Crippen LogP contribution in [0.5, 0.6) is 0 Å². The summed E-state index contributed by atoms with van der Waals surface area (Å²) in [6.07, 6.45) is 0.508. The van der Waals surface area contributed by atoms with Crippen molar-refractivity contribution in [1.82, 2.24) is 19.9 Å². The molecule has 0 atom stereocenters. The molecule has 0 N–H and O–H groups in total. The molecule has 0 spiro atoms. The molecule has 0 aliphatic rings. The van der Waals surface area contributed by atoms with Gasteiger partial charge in [0.2, 0.25) is 0 Å². The zero-order valence-corrected chi connectivity index (χ0v) is 18.7. The maximum atomic E-state index is 7.66. The molecule has 5 heteroatoms. The van der Waals surface area contributed by atoms with E-state index in [9.17, 15) is 0 Å². The Hall–Kier alpha value is -2.71. The minimum Gasteiger partial charge on any atom is -0.283 e. The summed E-state index contributed by atoms with van der Waals surface area (Å²) in [4.78, 5) is 16.7. The molecule has 0 radical (unpaired) electrons. The van der Waals surface area contributed by atoms with Crippen LogP contribution in [-0.2, 0) is 27.5 Å². The normalized spacial score (nSPS) is 14.3. The van der Waals surface area contributed by atoms with Gasteiger partial charge in [0.05, 0.1) is 0 Å². The van der Waals surface area contributed by atoms with E-state index in [4.69, 9.17) is 8.22 Å². The van der Waals surface area contributed by atoms with E-state index in [1.807, 2.05) is 36.4 Å². The van der Waals surface area contributed by atoms with Gasteiger partial charge in [-0.3, -0.25) is 9.97 Å². The monoisotopic (exact) mass is 579 g/mol. The Kier molecular flexibility index (Phi) is 4.75. The Balaban J connectivity index is 0.00000361. The number of hydrogen-bond donors (Lipinski definition) is 0. The molecule has 2 aromatic carbocycles. The molecule has 4 rings (SSSR count). The van der Waals surface area contributed by atoms with Crippen LogP contribution in [0.1, 0.15) is 42.4 Å². The zero-order chi connectivity index (χ0) is 25.4. The van der Waals surface area contributed by atoms with Crippen LogP contribution in [0.15, 0.2) is 48.5 Å². The maximum absolute atomic E-state index is 7.66. The second-order valence-electron chi connectivity index (χ2n) is 6.76. The van der Waals surface area contributed by atoms with E-state index in [-0.39, 0.29) is 32.6 Å². The molecule has 0 amide bonds. The standard InChI is InChI=1S/C25H22N4.Pt/c1-16-11-24(28-18(3)26-16)22-9-5-7-20(14-22)13-21-8-6-10-23(15-21)25-12-17(2)27-19(4)29-25;/h5-12H,13H2,1-4H3;/q-2;+2/i1D3,4D3;. The summed E-state index contributed by atoms with van der Waals surface area (Å²) >= 11 is 0. The van der Waals surface area contributed by atoms with Crippen molar-refractivity contribution in [2.24, 2.45) is 0 Å². The van der Waals surface area contributed by atoms with E-state index < -0.39 is 13.7 Å². The summed E-state index contributed by atoms with van der Waals surface area (Å²) < 4.78 is 45.9. The van der Waals surface area contributed by atoms with Gasteiger partial charge in [0.25, 0.3) is 0 Å². The van der Waals surface area contributed by atoms with E-state index in [0.717, 1.165) is 11.1 Å². The minimum atomic E-state index is -2.40. The van der Waals surface area contributed by atoms with Crippen molar-refractivity contribution < 1.29 is 29.3 Å². The van der Waals surface area contributed by atoms with Crippen molar-refractivity contribution in [3.63, 3.8) is 0 Å². The van der Waals surface area contributed by atoms with Crippen LogP contribution in [0.3, 0.4) is 0 Å². The number of hydrogen-bond acceptors (Lipinski definition) is 4. The van der Waals surface area contributed by atoms with Gasteiger partial charge in [0, 0.05) is 19.6 Å². The van der Waals surface area contributed by atoms with Crippen LogP contribution >= 0.6 is 0 Å². The predicted molar refractivity (Wildman–Crippen MR) is 114 cm³/mol. The molecule has 2 heterocycles. The molecule has 152 valence electrons. The average molecular weight is 580 g/mol. The second kappa shape index (κ2) is 9.40. The van der Waals surface area contributed by atoms with Crippen LogP contribution in [-0.4, -0.2) is 19.9 Å². The van der Waals surface area contributed by atoms with Crippen molar-refractivity contribution in [3.8, 4) is 22.5 Å². The summed E-state index contributed by atoms with van der Waals surface area (Å²) in [5.74, 6) is 0.189. The van der Waals surface area contributed by atoms with Crippen molar-refractivity contribution in [3.05, 3.63) is 94.8 Å². The van der Waals surface area contributed by atoms with Crippen LogP contribution < -0.4 is 0 Å². The smallest absolute Gasteiger partial charge is 0.283 e. The van der Waals surface area contributed by atoms with Crippen LogP contribution in [0.25, 0.3) is 22.5 Å². The Bertz CT molecular complexity index is 1280. The Labute approximate surface area is 200 Å². The molecule has 0 unspecified atom stereocenters. The molecular formula is C25H22N4Pt. The number of aryl methyl sites for hydroxylation is 4. The average Bonchev–Trinajstić information content (AvgIpc) is 2.77. The molecule has 0 aliphatic heterocycles. The van der Waals surface area contributed by atoms with Gasteiger partial charge in [-0.25, -0.2) is 9.97 Å². The van der Waals surface area contributed by atoms with Crippen molar-refractivity contribution in [2.75, 3.05) is 0 Å². The minimum absolute atomic E-state index is 0. The second-order valence-corrected chi connectivity index (χ2v) is 6.76. The molecule has 2 aromatic heterocycles. The fraction of sp³-hybridized carbons (Fsp3) is 0.200. The number of aromatic nitrogens is 4. The molecule has 4 nitrogen and oxygen atoms in total. The van der Waals surface area contributed by atoms with E-state index in [2.05, 4.69) is 32.1 Å². The Morgan fingerprint density at radius 2 is 1.30 bits per heavy atom. The van der Waals surface area contributed by atoms with Crippen molar-refractivity contribution in [1.29, 1.82) is 0 Å². The summed E-state index contributed by atoms with van der Waals surface area (Å²) in [6, 6.07) is 21.1. The van der Waals surface area contributed by atoms with E-state index in [0.29, 0.717) is 40.5 Å². The third kappa shape index (κ3) is 5.25. The summed E-state index contributed by atoms with van der Waals surface area (Å²) in [5.41, 5.74) is 4.63. The fourth-order valence-electron chi connectivity index (χ4n) is 3.16.